The van der Waals surface area contributed by atoms with Crippen LogP contribution in [0.2, 0.25) is 0 Å². The van der Waals surface area contributed by atoms with Crippen molar-refractivity contribution in [3.05, 3.63) is 0 Å². The quantitative estimate of drug-likeness (QED) is 0.564. The fourth-order valence-corrected chi connectivity index (χ4v) is 0.520. The van der Waals surface area contributed by atoms with Gasteiger partial charge in [-0.1, -0.05) is 0 Å². The van der Waals surface area contributed by atoms with Gasteiger partial charge in [-0.2, -0.15) is 22.0 Å². The van der Waals surface area contributed by atoms with Crippen LogP contribution in [0.3, 0.4) is 0 Å². The lowest BCUT2D eigenvalue weighted by atomic mass is 10.2. The van der Waals surface area contributed by atoms with Gasteiger partial charge < -0.3 is 4.74 Å². The highest BCUT2D eigenvalue weighted by atomic mass is 35.5. The summed E-state index contributed by atoms with van der Waals surface area (Å²) in [6, 6.07) is 0. The Kier molecular flexibility index (Phi) is 4.04. The summed E-state index contributed by atoms with van der Waals surface area (Å²) in [4.78, 5) is 9.77. The molecule has 0 aliphatic heterocycles. The van der Waals surface area contributed by atoms with Crippen molar-refractivity contribution in [1.29, 1.82) is 0 Å². The minimum atomic E-state index is -5.72. The molecule has 0 unspecified atom stereocenters. The monoisotopic (exact) mass is 244 g/mol. The molecule has 0 saturated carbocycles. The summed E-state index contributed by atoms with van der Waals surface area (Å²) >= 11 is 4.40. The SMILES string of the molecule is O=C(Cl)OCC(F)(F)[C@@H](F)C(F)(F)F. The second kappa shape index (κ2) is 4.24. The molecule has 0 aromatic rings. The zero-order valence-electron chi connectivity index (χ0n) is 6.25. The maximum atomic E-state index is 12.2. The Morgan fingerprint density at radius 2 is 1.71 bits per heavy atom. The highest BCUT2D eigenvalue weighted by Gasteiger charge is 2.57. The predicted molar refractivity (Wildman–Crippen MR) is 33.1 cm³/mol. The maximum absolute atomic E-state index is 12.2. The summed E-state index contributed by atoms with van der Waals surface area (Å²) in [5, 5.41) is 0. The summed E-state index contributed by atoms with van der Waals surface area (Å²) in [6.07, 6.45) is -10.1. The molecule has 0 saturated heterocycles. The second-order valence-corrected chi connectivity index (χ2v) is 2.50. The molecule has 14 heavy (non-hydrogen) atoms. The first kappa shape index (κ1) is 13.3. The van der Waals surface area contributed by atoms with Gasteiger partial charge in [0.2, 0.25) is 0 Å². The second-order valence-electron chi connectivity index (χ2n) is 2.19. The van der Waals surface area contributed by atoms with Gasteiger partial charge in [0.1, 0.15) is 0 Å². The molecule has 0 amide bonds. The molecule has 0 aromatic heterocycles. The molecule has 0 aliphatic rings. The third-order valence-corrected chi connectivity index (χ3v) is 1.15. The van der Waals surface area contributed by atoms with Gasteiger partial charge in [-0.05, 0) is 0 Å². The van der Waals surface area contributed by atoms with Crippen LogP contribution in [0.4, 0.5) is 31.1 Å². The smallest absolute Gasteiger partial charge is 0.425 e. The van der Waals surface area contributed by atoms with E-state index in [0.29, 0.717) is 0 Å². The molecular weight excluding hydrogens is 241 g/mol. The van der Waals surface area contributed by atoms with Crippen molar-refractivity contribution >= 4 is 17.0 Å². The Balaban J connectivity index is 4.38. The molecule has 0 aliphatic carbocycles. The summed E-state index contributed by atoms with van der Waals surface area (Å²) in [7, 11) is 0. The average Bonchev–Trinajstić information content (AvgIpc) is 1.98. The Labute approximate surface area is 78.8 Å². The van der Waals surface area contributed by atoms with E-state index in [4.69, 9.17) is 0 Å². The van der Waals surface area contributed by atoms with Gasteiger partial charge in [0, 0.05) is 11.6 Å². The van der Waals surface area contributed by atoms with Gasteiger partial charge in [0.15, 0.2) is 6.61 Å². The summed E-state index contributed by atoms with van der Waals surface area (Å²) in [5.74, 6) is -4.84. The Morgan fingerprint density at radius 1 is 1.29 bits per heavy atom. The van der Waals surface area contributed by atoms with Crippen molar-refractivity contribution in [2.75, 3.05) is 6.61 Å². The van der Waals surface area contributed by atoms with Crippen LogP contribution < -0.4 is 0 Å². The molecule has 0 spiro atoms. The number of carbonyl (C=O) groups excluding carboxylic acids is 1. The first-order valence-corrected chi connectivity index (χ1v) is 3.36. The molecule has 0 rings (SSSR count). The largest absolute Gasteiger partial charge is 0.447 e. The van der Waals surface area contributed by atoms with E-state index in [1.54, 1.807) is 0 Å². The summed E-state index contributed by atoms with van der Waals surface area (Å²) < 4.78 is 74.2. The lowest BCUT2D eigenvalue weighted by molar-refractivity contribution is -0.251. The number of alkyl halides is 6. The van der Waals surface area contributed by atoms with Crippen molar-refractivity contribution in [3.63, 3.8) is 0 Å². The van der Waals surface area contributed by atoms with Gasteiger partial charge in [0.05, 0.1) is 0 Å². The first-order valence-electron chi connectivity index (χ1n) is 2.98. The normalized spacial score (nSPS) is 15.1. The Morgan fingerprint density at radius 3 is 2.00 bits per heavy atom. The fraction of sp³-hybridized carbons (Fsp3) is 0.800. The first-order chi connectivity index (χ1) is 6.07. The average molecular weight is 245 g/mol. The number of carbonyl (C=O) groups is 1. The van der Waals surface area contributed by atoms with Crippen molar-refractivity contribution in [2.24, 2.45) is 0 Å². The molecule has 9 heteroatoms. The van der Waals surface area contributed by atoms with Crippen LogP contribution in [0.15, 0.2) is 0 Å². The van der Waals surface area contributed by atoms with Gasteiger partial charge in [-0.3, -0.25) is 0 Å². The third kappa shape index (κ3) is 4.03. The van der Waals surface area contributed by atoms with Crippen LogP contribution >= 0.6 is 11.6 Å². The van der Waals surface area contributed by atoms with E-state index < -0.39 is 30.3 Å². The highest BCUT2D eigenvalue weighted by Crippen LogP contribution is 2.35. The number of hydrogen-bond acceptors (Lipinski definition) is 2. The maximum Gasteiger partial charge on any atom is 0.425 e. The predicted octanol–water partition coefficient (Wildman–Crippen LogP) is 2.90. The van der Waals surface area contributed by atoms with Gasteiger partial charge in [-0.25, -0.2) is 9.18 Å². The third-order valence-electron chi connectivity index (χ3n) is 1.04. The van der Waals surface area contributed by atoms with Crippen LogP contribution in [0, 0.1) is 0 Å². The zero-order valence-corrected chi connectivity index (χ0v) is 7.00. The molecule has 0 fully saturated rings. The Bertz CT molecular complexity index is 215. The van der Waals surface area contributed by atoms with E-state index in [1.165, 1.54) is 0 Å². The van der Waals surface area contributed by atoms with Crippen LogP contribution in [-0.2, 0) is 4.74 Å². The minimum Gasteiger partial charge on any atom is -0.447 e. The topological polar surface area (TPSA) is 26.3 Å². The van der Waals surface area contributed by atoms with E-state index in [1.807, 2.05) is 0 Å². The van der Waals surface area contributed by atoms with Crippen LogP contribution in [0.25, 0.3) is 0 Å². The molecule has 0 aromatic carbocycles. The zero-order chi connectivity index (χ0) is 11.6. The van der Waals surface area contributed by atoms with Gasteiger partial charge >= 0.3 is 17.5 Å². The molecule has 0 bridgehead atoms. The molecular formula is C5H3ClF6O2. The number of hydrogen-bond donors (Lipinski definition) is 0. The minimum absolute atomic E-state index is 1.74. The van der Waals surface area contributed by atoms with Crippen molar-refractivity contribution < 1.29 is 35.9 Å². The lowest BCUT2D eigenvalue weighted by Gasteiger charge is -2.21. The van der Waals surface area contributed by atoms with Crippen molar-refractivity contribution in [3.8, 4) is 0 Å². The van der Waals surface area contributed by atoms with Gasteiger partial charge in [0.25, 0.3) is 6.17 Å². The van der Waals surface area contributed by atoms with Crippen molar-refractivity contribution in [1.82, 2.24) is 0 Å². The van der Waals surface area contributed by atoms with E-state index in [9.17, 15) is 31.1 Å². The molecule has 0 radical (unpaired) electrons. The number of rotatable bonds is 3. The summed E-state index contributed by atoms with van der Waals surface area (Å²) in [6.45, 7) is -2.06. The lowest BCUT2D eigenvalue weighted by Crippen LogP contribution is -2.44. The highest BCUT2D eigenvalue weighted by molar-refractivity contribution is 6.61. The molecule has 2 nitrogen and oxygen atoms in total. The molecule has 0 N–H and O–H groups in total. The molecule has 0 heterocycles. The summed E-state index contributed by atoms with van der Waals surface area (Å²) in [5.41, 5.74) is -1.74. The van der Waals surface area contributed by atoms with E-state index in [-0.39, 0.29) is 0 Å². The van der Waals surface area contributed by atoms with E-state index in [2.05, 4.69) is 16.3 Å². The molecule has 84 valence electrons. The standard InChI is InChI=1S/C5H3ClF6O2/c6-3(13)14-1-4(8,9)2(7)5(10,11)12/h2H,1H2/t2-/m1/s1. The fourth-order valence-electron chi connectivity index (χ4n) is 0.466. The van der Waals surface area contributed by atoms with Gasteiger partial charge in [-0.15, -0.1) is 0 Å². The van der Waals surface area contributed by atoms with Crippen LogP contribution in [-0.4, -0.2) is 30.3 Å². The number of ether oxygens (including phenoxy) is 1. The van der Waals surface area contributed by atoms with Crippen LogP contribution in [0.1, 0.15) is 0 Å². The van der Waals surface area contributed by atoms with Crippen LogP contribution in [0.5, 0.6) is 0 Å². The Hall–Kier alpha value is -0.660. The number of halogens is 7. The van der Waals surface area contributed by atoms with E-state index >= 15 is 0 Å². The van der Waals surface area contributed by atoms with Crippen molar-refractivity contribution in [2.45, 2.75) is 18.3 Å². The molecule has 1 atom stereocenters. The van der Waals surface area contributed by atoms with E-state index in [0.717, 1.165) is 0 Å².